The molecular formula is C18H18. The number of hydrogen-bond donors (Lipinski definition) is 0. The van der Waals surface area contributed by atoms with Crippen LogP contribution in [-0.4, -0.2) is 0 Å². The molecule has 0 heterocycles. The fourth-order valence-electron chi connectivity index (χ4n) is 2.98. The summed E-state index contributed by atoms with van der Waals surface area (Å²) in [6.45, 7) is 4.63. The lowest BCUT2D eigenvalue weighted by molar-refractivity contribution is 0.578. The summed E-state index contributed by atoms with van der Waals surface area (Å²) in [5.74, 6) is 0. The first kappa shape index (κ1) is 11.3. The molecule has 0 nitrogen and oxygen atoms in total. The van der Waals surface area contributed by atoms with E-state index in [1.54, 1.807) is 0 Å². The minimum absolute atomic E-state index is 0.0930. The van der Waals surface area contributed by atoms with Crippen LogP contribution in [0.4, 0.5) is 0 Å². The van der Waals surface area contributed by atoms with Gasteiger partial charge in [-0.2, -0.15) is 0 Å². The molecule has 0 aliphatic heterocycles. The van der Waals surface area contributed by atoms with E-state index in [2.05, 4.69) is 56.0 Å². The van der Waals surface area contributed by atoms with E-state index in [4.69, 9.17) is 0 Å². The van der Waals surface area contributed by atoms with Crippen LogP contribution in [-0.2, 0) is 0 Å². The highest BCUT2D eigenvalue weighted by Crippen LogP contribution is 2.51. The van der Waals surface area contributed by atoms with Gasteiger partial charge in [-0.25, -0.2) is 0 Å². The Labute approximate surface area is 109 Å². The summed E-state index contributed by atoms with van der Waals surface area (Å²) in [7, 11) is 0. The molecule has 0 bridgehead atoms. The third kappa shape index (κ3) is 1.62. The SMILES string of the molecule is CC1(C)C2=CC=C=CC=C2C2=C1/C=C\CC/C=C\2. The van der Waals surface area contributed by atoms with E-state index < -0.39 is 0 Å². The van der Waals surface area contributed by atoms with Crippen LogP contribution in [0.1, 0.15) is 26.7 Å². The largest absolute Gasteiger partial charge is 0.121 e. The van der Waals surface area contributed by atoms with Gasteiger partial charge in [-0.15, -0.1) is 5.73 Å². The highest BCUT2D eigenvalue weighted by molar-refractivity contribution is 5.69. The summed E-state index contributed by atoms with van der Waals surface area (Å²) in [5.41, 5.74) is 8.86. The van der Waals surface area contributed by atoms with Crippen LogP contribution < -0.4 is 0 Å². The van der Waals surface area contributed by atoms with E-state index in [1.165, 1.54) is 22.3 Å². The molecule has 3 rings (SSSR count). The molecule has 0 saturated carbocycles. The monoisotopic (exact) mass is 234 g/mol. The van der Waals surface area contributed by atoms with Crippen LogP contribution in [0, 0.1) is 5.41 Å². The Morgan fingerprint density at radius 3 is 2.56 bits per heavy atom. The van der Waals surface area contributed by atoms with Crippen molar-refractivity contribution in [2.75, 3.05) is 0 Å². The van der Waals surface area contributed by atoms with Crippen LogP contribution in [0.3, 0.4) is 0 Å². The van der Waals surface area contributed by atoms with Crippen molar-refractivity contribution in [1.29, 1.82) is 0 Å². The summed E-state index contributed by atoms with van der Waals surface area (Å²) in [6, 6.07) is 0. The maximum atomic E-state index is 3.17. The van der Waals surface area contributed by atoms with Gasteiger partial charge in [-0.05, 0) is 59.4 Å². The molecule has 90 valence electrons. The van der Waals surface area contributed by atoms with Crippen molar-refractivity contribution in [3.63, 3.8) is 0 Å². The molecule has 0 saturated heterocycles. The highest BCUT2D eigenvalue weighted by Gasteiger charge is 2.37. The molecule has 0 aromatic carbocycles. The van der Waals surface area contributed by atoms with Gasteiger partial charge in [0, 0.05) is 5.41 Å². The predicted molar refractivity (Wildman–Crippen MR) is 77.1 cm³/mol. The first-order chi connectivity index (χ1) is 8.71. The van der Waals surface area contributed by atoms with Gasteiger partial charge in [0.25, 0.3) is 0 Å². The second kappa shape index (κ2) is 4.15. The lowest BCUT2D eigenvalue weighted by Gasteiger charge is -2.23. The smallest absolute Gasteiger partial charge is 0.0158 e. The molecule has 0 unspecified atom stereocenters. The standard InChI is InChI=1S/C18H18/c1-18(2)16-12-8-4-3-6-10-14(16)15-11-7-5-9-13-17(15)18/h6-13H,3-4H2,1-2H3/b10-6-,12-8-. The third-order valence-corrected chi connectivity index (χ3v) is 3.98. The maximum Gasteiger partial charge on any atom is 0.0158 e. The summed E-state index contributed by atoms with van der Waals surface area (Å²) < 4.78 is 0. The molecule has 0 aromatic heterocycles. The average Bonchev–Trinajstić information content (AvgIpc) is 2.48. The molecule has 0 N–H and O–H groups in total. The van der Waals surface area contributed by atoms with Gasteiger partial charge >= 0.3 is 0 Å². The van der Waals surface area contributed by atoms with Crippen LogP contribution >= 0.6 is 0 Å². The number of rotatable bonds is 0. The topological polar surface area (TPSA) is 0 Å². The van der Waals surface area contributed by atoms with Crippen molar-refractivity contribution in [3.8, 4) is 0 Å². The van der Waals surface area contributed by atoms with E-state index in [9.17, 15) is 0 Å². The Morgan fingerprint density at radius 1 is 1.00 bits per heavy atom. The summed E-state index contributed by atoms with van der Waals surface area (Å²) in [4.78, 5) is 0. The lowest BCUT2D eigenvalue weighted by Crippen LogP contribution is -2.12. The molecule has 18 heavy (non-hydrogen) atoms. The average molecular weight is 234 g/mol. The first-order valence-electron chi connectivity index (χ1n) is 6.63. The van der Waals surface area contributed by atoms with Crippen LogP contribution in [0.2, 0.25) is 0 Å². The minimum atomic E-state index is 0.0930. The molecule has 0 fully saturated rings. The van der Waals surface area contributed by atoms with Crippen molar-refractivity contribution < 1.29 is 0 Å². The Hall–Kier alpha value is -1.78. The van der Waals surface area contributed by atoms with Crippen molar-refractivity contribution in [2.24, 2.45) is 5.41 Å². The molecule has 0 heteroatoms. The molecule has 3 aliphatic carbocycles. The molecule has 3 aliphatic rings. The van der Waals surface area contributed by atoms with Gasteiger partial charge in [-0.3, -0.25) is 0 Å². The fraction of sp³-hybridized carbons (Fsp3) is 0.278. The highest BCUT2D eigenvalue weighted by atomic mass is 14.4. The summed E-state index contributed by atoms with van der Waals surface area (Å²) in [5, 5.41) is 0. The second-order valence-electron chi connectivity index (χ2n) is 5.50. The van der Waals surface area contributed by atoms with Gasteiger partial charge in [0.05, 0.1) is 0 Å². The molecular weight excluding hydrogens is 216 g/mol. The van der Waals surface area contributed by atoms with E-state index in [0.717, 1.165) is 12.8 Å². The molecule has 0 aromatic rings. The van der Waals surface area contributed by atoms with Crippen LogP contribution in [0.25, 0.3) is 0 Å². The zero-order valence-electron chi connectivity index (χ0n) is 11.0. The normalized spacial score (nSPS) is 27.4. The van der Waals surface area contributed by atoms with E-state index in [0.29, 0.717) is 0 Å². The van der Waals surface area contributed by atoms with E-state index in [1.807, 2.05) is 12.2 Å². The van der Waals surface area contributed by atoms with Crippen molar-refractivity contribution >= 4 is 0 Å². The quantitative estimate of drug-likeness (QED) is 0.528. The van der Waals surface area contributed by atoms with E-state index in [-0.39, 0.29) is 5.41 Å². The minimum Gasteiger partial charge on any atom is -0.121 e. The van der Waals surface area contributed by atoms with Gasteiger partial charge < -0.3 is 0 Å². The van der Waals surface area contributed by atoms with Crippen molar-refractivity contribution in [2.45, 2.75) is 26.7 Å². The predicted octanol–water partition coefficient (Wildman–Crippen LogP) is 4.81. The molecule has 0 atom stereocenters. The number of fused-ring (bicyclic) bond motifs is 2. The molecule has 0 spiro atoms. The Balaban J connectivity index is 2.25. The maximum absolute atomic E-state index is 3.17. The Morgan fingerprint density at radius 2 is 1.72 bits per heavy atom. The second-order valence-corrected chi connectivity index (χ2v) is 5.50. The van der Waals surface area contributed by atoms with Crippen molar-refractivity contribution in [1.82, 2.24) is 0 Å². The Kier molecular flexibility index (Phi) is 2.61. The lowest BCUT2D eigenvalue weighted by atomic mass is 9.80. The fourth-order valence-corrected chi connectivity index (χ4v) is 2.98. The number of hydrogen-bond acceptors (Lipinski definition) is 0. The zero-order valence-corrected chi connectivity index (χ0v) is 11.0. The van der Waals surface area contributed by atoms with Gasteiger partial charge in [-0.1, -0.05) is 38.2 Å². The summed E-state index contributed by atoms with van der Waals surface area (Å²) in [6.07, 6.45) is 19.9. The zero-order chi connectivity index (χ0) is 12.6. The molecule has 0 radical (unpaired) electrons. The van der Waals surface area contributed by atoms with Crippen molar-refractivity contribution in [3.05, 3.63) is 76.6 Å². The van der Waals surface area contributed by atoms with Crippen LogP contribution in [0.5, 0.6) is 0 Å². The first-order valence-corrected chi connectivity index (χ1v) is 6.63. The summed E-state index contributed by atoms with van der Waals surface area (Å²) >= 11 is 0. The van der Waals surface area contributed by atoms with Gasteiger partial charge in [0.2, 0.25) is 0 Å². The molecule has 0 amide bonds. The van der Waals surface area contributed by atoms with Crippen LogP contribution in [0.15, 0.2) is 76.6 Å². The number of allylic oxidation sites excluding steroid dienone is 11. The van der Waals surface area contributed by atoms with Gasteiger partial charge in [0.15, 0.2) is 0 Å². The van der Waals surface area contributed by atoms with Gasteiger partial charge in [0.1, 0.15) is 0 Å². The Bertz CT molecular complexity index is 592. The third-order valence-electron chi connectivity index (χ3n) is 3.98. The van der Waals surface area contributed by atoms with E-state index >= 15 is 0 Å².